The van der Waals surface area contributed by atoms with E-state index in [-0.39, 0.29) is 36.1 Å². The van der Waals surface area contributed by atoms with Crippen LogP contribution in [-0.4, -0.2) is 36.4 Å². The van der Waals surface area contributed by atoms with E-state index in [2.05, 4.69) is 0 Å². The number of hydrogen-bond donors (Lipinski definition) is 0. The van der Waals surface area contributed by atoms with Crippen LogP contribution in [0, 0.1) is 11.8 Å². The van der Waals surface area contributed by atoms with Crippen molar-refractivity contribution in [3.05, 3.63) is 60.6 Å². The van der Waals surface area contributed by atoms with Gasteiger partial charge < -0.3 is 9.15 Å². The van der Waals surface area contributed by atoms with Gasteiger partial charge in [0.2, 0.25) is 11.8 Å². The van der Waals surface area contributed by atoms with E-state index >= 15 is 0 Å². The standard InChI is InChI=1S/C21H20N2O5/c1-27-15-10-8-14(9-11-15)22(21(26)18-7-4-12-28-18)13-23-19(24)16-5-2-3-6-17(16)20(23)25/h2-4,7-12,16-17H,5-6,13H2,1H3/t16-,17+. The van der Waals surface area contributed by atoms with Crippen molar-refractivity contribution in [2.75, 3.05) is 18.7 Å². The van der Waals surface area contributed by atoms with Crippen molar-refractivity contribution in [3.8, 4) is 5.75 Å². The van der Waals surface area contributed by atoms with Crippen LogP contribution in [0.1, 0.15) is 23.4 Å². The maximum atomic E-state index is 13.0. The van der Waals surface area contributed by atoms with E-state index < -0.39 is 5.91 Å². The minimum Gasteiger partial charge on any atom is -0.497 e. The Labute approximate surface area is 162 Å². The minimum atomic E-state index is -0.427. The first-order valence-electron chi connectivity index (χ1n) is 9.10. The van der Waals surface area contributed by atoms with E-state index in [0.717, 1.165) is 0 Å². The van der Waals surface area contributed by atoms with Crippen molar-refractivity contribution in [3.63, 3.8) is 0 Å². The van der Waals surface area contributed by atoms with Crippen molar-refractivity contribution in [2.45, 2.75) is 12.8 Å². The highest BCUT2D eigenvalue weighted by atomic mass is 16.5. The molecule has 0 radical (unpaired) electrons. The summed E-state index contributed by atoms with van der Waals surface area (Å²) in [6, 6.07) is 10.0. The fourth-order valence-electron chi connectivity index (χ4n) is 3.71. The summed E-state index contributed by atoms with van der Waals surface area (Å²) in [6.45, 7) is -0.156. The Morgan fingerprint density at radius 3 is 2.29 bits per heavy atom. The Morgan fingerprint density at radius 1 is 1.11 bits per heavy atom. The molecule has 0 N–H and O–H groups in total. The van der Waals surface area contributed by atoms with Gasteiger partial charge in [-0.05, 0) is 49.2 Å². The zero-order chi connectivity index (χ0) is 19.7. The Bertz CT molecular complexity index is 891. The molecule has 0 spiro atoms. The van der Waals surface area contributed by atoms with Gasteiger partial charge in [0.1, 0.15) is 12.4 Å². The maximum absolute atomic E-state index is 13.0. The lowest BCUT2D eigenvalue weighted by atomic mass is 9.85. The van der Waals surface area contributed by atoms with E-state index in [1.165, 1.54) is 16.1 Å². The predicted octanol–water partition coefficient (Wildman–Crippen LogP) is 2.84. The second-order valence-corrected chi connectivity index (χ2v) is 6.81. The van der Waals surface area contributed by atoms with Gasteiger partial charge in [-0.2, -0.15) is 0 Å². The number of furan rings is 1. The van der Waals surface area contributed by atoms with Crippen LogP contribution < -0.4 is 9.64 Å². The fourth-order valence-corrected chi connectivity index (χ4v) is 3.71. The Morgan fingerprint density at radius 2 is 1.75 bits per heavy atom. The predicted molar refractivity (Wildman–Crippen MR) is 101 cm³/mol. The summed E-state index contributed by atoms with van der Waals surface area (Å²) in [7, 11) is 1.55. The van der Waals surface area contributed by atoms with Gasteiger partial charge in [-0.25, -0.2) is 0 Å². The molecule has 2 atom stereocenters. The zero-order valence-corrected chi connectivity index (χ0v) is 15.4. The third kappa shape index (κ3) is 3.09. The number of amides is 3. The number of carbonyl (C=O) groups excluding carboxylic acids is 3. The van der Waals surface area contributed by atoms with Crippen LogP contribution in [0.3, 0.4) is 0 Å². The summed E-state index contributed by atoms with van der Waals surface area (Å²) >= 11 is 0. The van der Waals surface area contributed by atoms with Gasteiger partial charge in [0.05, 0.1) is 25.2 Å². The van der Waals surface area contributed by atoms with Gasteiger partial charge >= 0.3 is 0 Å². The largest absolute Gasteiger partial charge is 0.497 e. The molecule has 7 nitrogen and oxygen atoms in total. The molecule has 7 heteroatoms. The Hall–Kier alpha value is -3.35. The van der Waals surface area contributed by atoms with E-state index in [9.17, 15) is 14.4 Å². The number of benzene rings is 1. The second-order valence-electron chi connectivity index (χ2n) is 6.81. The molecule has 4 rings (SSSR count). The highest BCUT2D eigenvalue weighted by Gasteiger charge is 2.48. The number of fused-ring (bicyclic) bond motifs is 1. The molecular formula is C21H20N2O5. The van der Waals surface area contributed by atoms with E-state index in [4.69, 9.17) is 9.15 Å². The van der Waals surface area contributed by atoms with Crippen molar-refractivity contribution in [2.24, 2.45) is 11.8 Å². The average Bonchev–Trinajstić information content (AvgIpc) is 3.35. The molecule has 2 aromatic rings. The van der Waals surface area contributed by atoms with Gasteiger partial charge in [-0.3, -0.25) is 24.2 Å². The smallest absolute Gasteiger partial charge is 0.295 e. The van der Waals surface area contributed by atoms with Crippen LogP contribution >= 0.6 is 0 Å². The quantitative estimate of drug-likeness (QED) is 0.589. The number of anilines is 1. The molecule has 2 aliphatic rings. The van der Waals surface area contributed by atoms with Crippen LogP contribution in [0.2, 0.25) is 0 Å². The highest BCUT2D eigenvalue weighted by Crippen LogP contribution is 2.35. The molecule has 1 aromatic heterocycles. The van der Waals surface area contributed by atoms with Crippen LogP contribution in [0.25, 0.3) is 0 Å². The lowest BCUT2D eigenvalue weighted by Gasteiger charge is -2.27. The first-order chi connectivity index (χ1) is 13.6. The summed E-state index contributed by atoms with van der Waals surface area (Å²) in [6.07, 6.45) is 6.39. The maximum Gasteiger partial charge on any atom is 0.295 e. The molecule has 3 amide bonds. The van der Waals surface area contributed by atoms with Crippen molar-refractivity contribution in [1.82, 2.24) is 4.90 Å². The van der Waals surface area contributed by atoms with Crippen molar-refractivity contribution >= 4 is 23.4 Å². The number of carbonyl (C=O) groups is 3. The number of methoxy groups -OCH3 is 1. The van der Waals surface area contributed by atoms with E-state index in [0.29, 0.717) is 24.3 Å². The van der Waals surface area contributed by atoms with Crippen molar-refractivity contribution in [1.29, 1.82) is 0 Å². The lowest BCUT2D eigenvalue weighted by Crippen LogP contribution is -2.44. The summed E-state index contributed by atoms with van der Waals surface area (Å²) in [4.78, 5) is 41.2. The molecule has 144 valence electrons. The first kappa shape index (κ1) is 18.0. The van der Waals surface area contributed by atoms with Gasteiger partial charge in [0, 0.05) is 5.69 Å². The molecule has 1 aromatic carbocycles. The summed E-state index contributed by atoms with van der Waals surface area (Å²) in [5, 5.41) is 0. The Kier molecular flexibility index (Phi) is 4.73. The molecule has 1 saturated heterocycles. The van der Waals surface area contributed by atoms with Crippen LogP contribution in [-0.2, 0) is 9.59 Å². The van der Waals surface area contributed by atoms with E-state index in [1.54, 1.807) is 43.5 Å². The van der Waals surface area contributed by atoms with Crippen molar-refractivity contribution < 1.29 is 23.5 Å². The monoisotopic (exact) mass is 380 g/mol. The molecule has 0 unspecified atom stereocenters. The van der Waals surface area contributed by atoms with Gasteiger partial charge in [-0.1, -0.05) is 12.2 Å². The molecule has 28 heavy (non-hydrogen) atoms. The number of hydrogen-bond acceptors (Lipinski definition) is 5. The SMILES string of the molecule is COc1ccc(N(CN2C(=O)[C@H]3CC=CC[C@H]3C2=O)C(=O)c2ccco2)cc1. The van der Waals surface area contributed by atoms with Gasteiger partial charge in [0.25, 0.3) is 5.91 Å². The molecule has 1 aliphatic heterocycles. The summed E-state index contributed by atoms with van der Waals surface area (Å²) in [5.74, 6) is -0.796. The molecule has 0 saturated carbocycles. The number of nitrogens with zero attached hydrogens (tertiary/aromatic N) is 2. The minimum absolute atomic E-state index is 0.133. The molecule has 1 fully saturated rings. The van der Waals surface area contributed by atoms with Crippen LogP contribution in [0.4, 0.5) is 5.69 Å². The number of allylic oxidation sites excluding steroid dienone is 2. The number of likely N-dealkylation sites (tertiary alicyclic amines) is 1. The summed E-state index contributed by atoms with van der Waals surface area (Å²) in [5.41, 5.74) is 0.538. The van der Waals surface area contributed by atoms with Crippen LogP contribution in [0.5, 0.6) is 5.75 Å². The molecule has 0 bridgehead atoms. The van der Waals surface area contributed by atoms with Crippen LogP contribution in [0.15, 0.2) is 59.2 Å². The van der Waals surface area contributed by atoms with Gasteiger partial charge in [-0.15, -0.1) is 0 Å². The molecule has 1 aliphatic carbocycles. The normalized spacial score (nSPS) is 21.0. The molecular weight excluding hydrogens is 360 g/mol. The third-order valence-corrected chi connectivity index (χ3v) is 5.24. The lowest BCUT2D eigenvalue weighted by molar-refractivity contribution is -0.139. The average molecular weight is 380 g/mol. The first-order valence-corrected chi connectivity index (χ1v) is 9.10. The fraction of sp³-hybridized carbons (Fsp3) is 0.286. The Balaban J connectivity index is 1.64. The number of ether oxygens (including phenoxy) is 1. The second kappa shape index (κ2) is 7.34. The third-order valence-electron chi connectivity index (χ3n) is 5.24. The highest BCUT2D eigenvalue weighted by molar-refractivity contribution is 6.08. The van der Waals surface area contributed by atoms with E-state index in [1.807, 2.05) is 12.2 Å². The number of imide groups is 1. The molecule has 2 heterocycles. The topological polar surface area (TPSA) is 80.1 Å². The number of rotatable bonds is 5. The summed E-state index contributed by atoms with van der Waals surface area (Å²) < 4.78 is 10.4. The van der Waals surface area contributed by atoms with Gasteiger partial charge in [0.15, 0.2) is 5.76 Å². The zero-order valence-electron chi connectivity index (χ0n) is 15.4.